The largest absolute Gasteiger partial charge is 0.398 e. The zero-order chi connectivity index (χ0) is 14.4. The van der Waals surface area contributed by atoms with Gasteiger partial charge in [0.15, 0.2) is 0 Å². The first kappa shape index (κ1) is 14.6. The Bertz CT molecular complexity index is 533. The van der Waals surface area contributed by atoms with Gasteiger partial charge in [-0.25, -0.2) is 0 Å². The highest BCUT2D eigenvalue weighted by Gasteiger charge is 2.09. The highest BCUT2D eigenvalue weighted by atomic mass is 15.3. The molecule has 1 aromatic heterocycles. The Morgan fingerprint density at radius 3 is 2.65 bits per heavy atom. The van der Waals surface area contributed by atoms with Crippen molar-refractivity contribution < 1.29 is 0 Å². The van der Waals surface area contributed by atoms with Crippen LogP contribution in [0.4, 0.5) is 5.69 Å². The fourth-order valence-electron chi connectivity index (χ4n) is 2.37. The monoisotopic (exact) mass is 272 g/mol. The summed E-state index contributed by atoms with van der Waals surface area (Å²) in [6.45, 7) is 8.09. The van der Waals surface area contributed by atoms with E-state index in [1.807, 2.05) is 29.1 Å². The van der Waals surface area contributed by atoms with Crippen LogP contribution < -0.4 is 5.73 Å². The lowest BCUT2D eigenvalue weighted by molar-refractivity contribution is 0.257. The second-order valence-electron chi connectivity index (χ2n) is 5.11. The maximum atomic E-state index is 6.04. The summed E-state index contributed by atoms with van der Waals surface area (Å²) < 4.78 is 1.97. The van der Waals surface area contributed by atoms with Crippen molar-refractivity contribution in [1.82, 2.24) is 14.7 Å². The molecule has 1 aromatic carbocycles. The topological polar surface area (TPSA) is 47.1 Å². The van der Waals surface area contributed by atoms with Crippen molar-refractivity contribution in [3.05, 3.63) is 47.8 Å². The van der Waals surface area contributed by atoms with Crippen LogP contribution in [0, 0.1) is 0 Å². The lowest BCUT2D eigenvalue weighted by atomic mass is 10.1. The van der Waals surface area contributed by atoms with Gasteiger partial charge in [0.2, 0.25) is 0 Å². The Kier molecular flexibility index (Phi) is 5.18. The summed E-state index contributed by atoms with van der Waals surface area (Å²) in [5.74, 6) is 0. The number of aryl methyl sites for hydroxylation is 1. The molecule has 0 aliphatic rings. The highest BCUT2D eigenvalue weighted by Crippen LogP contribution is 2.15. The van der Waals surface area contributed by atoms with E-state index in [1.54, 1.807) is 0 Å². The van der Waals surface area contributed by atoms with Gasteiger partial charge in [-0.05, 0) is 31.5 Å². The second kappa shape index (κ2) is 7.10. The van der Waals surface area contributed by atoms with Crippen LogP contribution in [0.15, 0.2) is 36.7 Å². The molecule has 1 heterocycles. The van der Waals surface area contributed by atoms with Gasteiger partial charge >= 0.3 is 0 Å². The number of benzene rings is 1. The molecule has 0 aliphatic heterocycles. The van der Waals surface area contributed by atoms with Crippen LogP contribution in [0.25, 0.3) is 0 Å². The van der Waals surface area contributed by atoms with Crippen molar-refractivity contribution in [1.29, 1.82) is 0 Å². The molecule has 0 saturated heterocycles. The minimum Gasteiger partial charge on any atom is -0.398 e. The SMILES string of the molecule is CCCN(Cc1cnn(CC)c1)Cc1ccccc1N. The smallest absolute Gasteiger partial charge is 0.0534 e. The third-order valence-corrected chi connectivity index (χ3v) is 3.41. The van der Waals surface area contributed by atoms with Crippen LogP contribution in [-0.4, -0.2) is 21.2 Å². The van der Waals surface area contributed by atoms with Crippen LogP contribution >= 0.6 is 0 Å². The number of nitrogen functional groups attached to an aromatic ring is 1. The van der Waals surface area contributed by atoms with Gasteiger partial charge in [-0.15, -0.1) is 0 Å². The van der Waals surface area contributed by atoms with Gasteiger partial charge in [-0.2, -0.15) is 5.10 Å². The summed E-state index contributed by atoms with van der Waals surface area (Å²) >= 11 is 0. The molecule has 108 valence electrons. The molecule has 0 atom stereocenters. The van der Waals surface area contributed by atoms with E-state index in [4.69, 9.17) is 5.73 Å². The number of para-hydroxylation sites is 1. The van der Waals surface area contributed by atoms with Crippen LogP contribution in [0.3, 0.4) is 0 Å². The second-order valence-corrected chi connectivity index (χ2v) is 5.11. The number of nitrogens with two attached hydrogens (primary N) is 1. The summed E-state index contributed by atoms with van der Waals surface area (Å²) in [4.78, 5) is 2.42. The first-order chi connectivity index (χ1) is 9.72. The molecule has 0 unspecified atom stereocenters. The number of hydrogen-bond acceptors (Lipinski definition) is 3. The van der Waals surface area contributed by atoms with Crippen molar-refractivity contribution in [3.8, 4) is 0 Å². The van der Waals surface area contributed by atoms with Crippen molar-refractivity contribution in [3.63, 3.8) is 0 Å². The Balaban J connectivity index is 2.05. The van der Waals surface area contributed by atoms with Crippen molar-refractivity contribution >= 4 is 5.69 Å². The van der Waals surface area contributed by atoms with Gasteiger partial charge in [-0.3, -0.25) is 9.58 Å². The number of aromatic nitrogens is 2. The van der Waals surface area contributed by atoms with Gasteiger partial charge in [0.05, 0.1) is 6.20 Å². The van der Waals surface area contributed by atoms with E-state index >= 15 is 0 Å². The van der Waals surface area contributed by atoms with E-state index in [1.165, 1.54) is 11.1 Å². The average molecular weight is 272 g/mol. The molecule has 2 rings (SSSR count). The summed E-state index contributed by atoms with van der Waals surface area (Å²) in [5.41, 5.74) is 9.37. The zero-order valence-electron chi connectivity index (χ0n) is 12.4. The van der Waals surface area contributed by atoms with Gasteiger partial charge in [-0.1, -0.05) is 25.1 Å². The van der Waals surface area contributed by atoms with Gasteiger partial charge < -0.3 is 5.73 Å². The zero-order valence-corrected chi connectivity index (χ0v) is 12.4. The van der Waals surface area contributed by atoms with Gasteiger partial charge in [0.1, 0.15) is 0 Å². The van der Waals surface area contributed by atoms with E-state index in [2.05, 4.69) is 36.1 Å². The lowest BCUT2D eigenvalue weighted by Crippen LogP contribution is -2.24. The van der Waals surface area contributed by atoms with Gasteiger partial charge in [0.25, 0.3) is 0 Å². The summed E-state index contributed by atoms with van der Waals surface area (Å²) in [6, 6.07) is 8.10. The molecule has 2 aromatic rings. The predicted octanol–water partition coefficient (Wildman–Crippen LogP) is 2.90. The standard InChI is InChI=1S/C16H24N4/c1-3-9-19(11-14-10-18-20(4-2)12-14)13-15-7-5-6-8-16(15)17/h5-8,10,12H,3-4,9,11,13,17H2,1-2H3. The van der Waals surface area contributed by atoms with Crippen LogP contribution in [0.1, 0.15) is 31.4 Å². The predicted molar refractivity (Wildman–Crippen MR) is 83.2 cm³/mol. The number of hydrogen-bond donors (Lipinski definition) is 1. The minimum atomic E-state index is 0.873. The van der Waals surface area contributed by atoms with E-state index in [0.717, 1.165) is 38.3 Å². The van der Waals surface area contributed by atoms with E-state index in [-0.39, 0.29) is 0 Å². The molecule has 0 bridgehead atoms. The molecule has 0 radical (unpaired) electrons. The fourth-order valence-corrected chi connectivity index (χ4v) is 2.37. The van der Waals surface area contributed by atoms with E-state index in [9.17, 15) is 0 Å². The Morgan fingerprint density at radius 2 is 2.00 bits per heavy atom. The molecule has 0 fully saturated rings. The summed E-state index contributed by atoms with van der Waals surface area (Å²) in [7, 11) is 0. The van der Waals surface area contributed by atoms with E-state index < -0.39 is 0 Å². The average Bonchev–Trinajstić information content (AvgIpc) is 2.89. The molecule has 0 saturated carbocycles. The molecule has 4 nitrogen and oxygen atoms in total. The lowest BCUT2D eigenvalue weighted by Gasteiger charge is -2.21. The van der Waals surface area contributed by atoms with Crippen LogP contribution in [-0.2, 0) is 19.6 Å². The Labute approximate surface area is 121 Å². The quantitative estimate of drug-likeness (QED) is 0.788. The third-order valence-electron chi connectivity index (χ3n) is 3.41. The highest BCUT2D eigenvalue weighted by molar-refractivity contribution is 5.46. The Hall–Kier alpha value is -1.81. The molecular formula is C16H24N4. The van der Waals surface area contributed by atoms with Gasteiger partial charge in [0, 0.05) is 37.1 Å². The fraction of sp³-hybridized carbons (Fsp3) is 0.438. The Morgan fingerprint density at radius 1 is 1.20 bits per heavy atom. The molecule has 0 aliphatic carbocycles. The molecule has 20 heavy (non-hydrogen) atoms. The number of anilines is 1. The van der Waals surface area contributed by atoms with Crippen molar-refractivity contribution in [2.45, 2.75) is 39.9 Å². The summed E-state index contributed by atoms with van der Waals surface area (Å²) in [5, 5.41) is 4.34. The molecule has 2 N–H and O–H groups in total. The normalized spacial score (nSPS) is 11.2. The van der Waals surface area contributed by atoms with E-state index in [0.29, 0.717) is 0 Å². The maximum absolute atomic E-state index is 6.04. The first-order valence-corrected chi connectivity index (χ1v) is 7.30. The summed E-state index contributed by atoms with van der Waals surface area (Å²) in [6.07, 6.45) is 5.21. The van der Waals surface area contributed by atoms with Crippen LogP contribution in [0.2, 0.25) is 0 Å². The van der Waals surface area contributed by atoms with Crippen molar-refractivity contribution in [2.75, 3.05) is 12.3 Å². The first-order valence-electron chi connectivity index (χ1n) is 7.30. The number of nitrogens with zero attached hydrogens (tertiary/aromatic N) is 3. The molecule has 4 heteroatoms. The minimum absolute atomic E-state index is 0.873. The maximum Gasteiger partial charge on any atom is 0.0534 e. The number of rotatable bonds is 7. The molecule has 0 amide bonds. The van der Waals surface area contributed by atoms with Crippen LogP contribution in [0.5, 0.6) is 0 Å². The third kappa shape index (κ3) is 3.84. The molecule has 0 spiro atoms. The molecular weight excluding hydrogens is 248 g/mol. The van der Waals surface area contributed by atoms with Crippen molar-refractivity contribution in [2.24, 2.45) is 0 Å².